The van der Waals surface area contributed by atoms with E-state index in [1.54, 1.807) is 6.20 Å². The van der Waals surface area contributed by atoms with E-state index in [-0.39, 0.29) is 0 Å². The van der Waals surface area contributed by atoms with Crippen LogP contribution in [-0.4, -0.2) is 15.1 Å². The van der Waals surface area contributed by atoms with Crippen LogP contribution < -0.4 is 0 Å². The van der Waals surface area contributed by atoms with Gasteiger partial charge in [-0.1, -0.05) is 35.0 Å². The van der Waals surface area contributed by atoms with E-state index in [4.69, 9.17) is 21.1 Å². The lowest BCUT2D eigenvalue weighted by atomic mass is 10.0. The van der Waals surface area contributed by atoms with Crippen LogP contribution >= 0.6 is 11.6 Å². The van der Waals surface area contributed by atoms with Crippen molar-refractivity contribution < 1.29 is 4.52 Å². The predicted molar refractivity (Wildman–Crippen MR) is 84.7 cm³/mol. The van der Waals surface area contributed by atoms with Gasteiger partial charge in [-0.05, 0) is 25.8 Å². The second kappa shape index (κ2) is 5.21. The first-order valence-corrected chi connectivity index (χ1v) is 7.65. The van der Waals surface area contributed by atoms with Crippen molar-refractivity contribution in [3.05, 3.63) is 53.1 Å². The third kappa shape index (κ3) is 2.29. The van der Waals surface area contributed by atoms with E-state index in [2.05, 4.69) is 10.1 Å². The van der Waals surface area contributed by atoms with Gasteiger partial charge in [0.1, 0.15) is 11.5 Å². The van der Waals surface area contributed by atoms with Crippen LogP contribution in [0.5, 0.6) is 0 Å². The molecule has 0 radical (unpaired) electrons. The van der Waals surface area contributed by atoms with Gasteiger partial charge in [-0.15, -0.1) is 0 Å². The molecular formula is C17H14ClN3O. The number of hydrogen-bond donors (Lipinski definition) is 0. The second-order valence-corrected chi connectivity index (χ2v) is 5.99. The largest absolute Gasteiger partial charge is 0.354 e. The average Bonchev–Trinajstić information content (AvgIpc) is 3.29. The molecule has 0 saturated heterocycles. The molecule has 22 heavy (non-hydrogen) atoms. The van der Waals surface area contributed by atoms with Crippen LogP contribution in [0.25, 0.3) is 22.6 Å². The lowest BCUT2D eigenvalue weighted by Gasteiger charge is -2.10. The molecule has 0 bridgehead atoms. The summed E-state index contributed by atoms with van der Waals surface area (Å²) in [6.45, 7) is 1.96. The molecule has 0 atom stereocenters. The van der Waals surface area contributed by atoms with Crippen LogP contribution in [-0.2, 0) is 0 Å². The third-order valence-electron chi connectivity index (χ3n) is 3.88. The maximum atomic E-state index is 6.34. The smallest absolute Gasteiger partial charge is 0.188 e. The number of aryl methyl sites for hydroxylation is 1. The highest BCUT2D eigenvalue weighted by molar-refractivity contribution is 6.33. The van der Waals surface area contributed by atoms with Crippen molar-refractivity contribution in [2.24, 2.45) is 0 Å². The molecule has 110 valence electrons. The molecule has 0 aliphatic heterocycles. The highest BCUT2D eigenvalue weighted by Crippen LogP contribution is 2.41. The number of hydrogen-bond acceptors (Lipinski definition) is 4. The van der Waals surface area contributed by atoms with Gasteiger partial charge in [-0.3, -0.25) is 0 Å². The molecule has 4 rings (SSSR count). The molecule has 1 fully saturated rings. The first-order valence-electron chi connectivity index (χ1n) is 7.27. The highest BCUT2D eigenvalue weighted by Gasteiger charge is 2.28. The van der Waals surface area contributed by atoms with Gasteiger partial charge in [0.2, 0.25) is 0 Å². The Labute approximate surface area is 133 Å². The number of rotatable bonds is 3. The second-order valence-electron chi connectivity index (χ2n) is 5.58. The molecule has 2 heterocycles. The Morgan fingerprint density at radius 3 is 2.64 bits per heavy atom. The van der Waals surface area contributed by atoms with Crippen molar-refractivity contribution in [2.75, 3.05) is 0 Å². The van der Waals surface area contributed by atoms with Crippen LogP contribution in [0, 0.1) is 6.92 Å². The fourth-order valence-electron chi connectivity index (χ4n) is 2.50. The summed E-state index contributed by atoms with van der Waals surface area (Å²) in [6.07, 6.45) is 5.85. The highest BCUT2D eigenvalue weighted by atomic mass is 35.5. The third-order valence-corrected chi connectivity index (χ3v) is 4.21. The van der Waals surface area contributed by atoms with Crippen molar-refractivity contribution in [2.45, 2.75) is 25.7 Å². The van der Waals surface area contributed by atoms with Gasteiger partial charge in [0.25, 0.3) is 0 Å². The minimum atomic E-state index is 0.474. The van der Waals surface area contributed by atoms with Crippen LogP contribution in [0.4, 0.5) is 0 Å². The summed E-state index contributed by atoms with van der Waals surface area (Å²) >= 11 is 6.34. The Morgan fingerprint density at radius 2 is 1.95 bits per heavy atom. The molecule has 0 spiro atoms. The lowest BCUT2D eigenvalue weighted by molar-refractivity contribution is 0.430. The minimum Gasteiger partial charge on any atom is -0.354 e. The van der Waals surface area contributed by atoms with Gasteiger partial charge in [0.15, 0.2) is 5.76 Å². The molecule has 1 aromatic carbocycles. The van der Waals surface area contributed by atoms with Crippen molar-refractivity contribution in [1.29, 1.82) is 0 Å². The van der Waals surface area contributed by atoms with Crippen molar-refractivity contribution in [3.8, 4) is 22.6 Å². The summed E-state index contributed by atoms with van der Waals surface area (Å²) in [6, 6.07) is 7.69. The Balaban J connectivity index is 1.94. The van der Waals surface area contributed by atoms with Gasteiger partial charge in [0.05, 0.1) is 6.20 Å². The van der Waals surface area contributed by atoms with Crippen molar-refractivity contribution >= 4 is 11.6 Å². The van der Waals surface area contributed by atoms with Gasteiger partial charge < -0.3 is 4.52 Å². The van der Waals surface area contributed by atoms with E-state index in [9.17, 15) is 0 Å². The maximum Gasteiger partial charge on any atom is 0.188 e. The first-order chi connectivity index (χ1) is 10.7. The van der Waals surface area contributed by atoms with E-state index < -0.39 is 0 Å². The van der Waals surface area contributed by atoms with Crippen LogP contribution in [0.15, 0.2) is 41.2 Å². The van der Waals surface area contributed by atoms with E-state index in [1.807, 2.05) is 37.4 Å². The molecule has 0 amide bonds. The Morgan fingerprint density at radius 1 is 1.14 bits per heavy atom. The average molecular weight is 312 g/mol. The molecule has 3 aromatic rings. The first kappa shape index (κ1) is 13.5. The van der Waals surface area contributed by atoms with E-state index >= 15 is 0 Å². The topological polar surface area (TPSA) is 51.8 Å². The fraction of sp³-hybridized carbons (Fsp3) is 0.235. The maximum absolute atomic E-state index is 6.34. The summed E-state index contributed by atoms with van der Waals surface area (Å²) in [5.74, 6) is 2.03. The molecule has 2 aromatic heterocycles. The van der Waals surface area contributed by atoms with Gasteiger partial charge >= 0.3 is 0 Å². The summed E-state index contributed by atoms with van der Waals surface area (Å²) in [5, 5.41) is 4.55. The summed E-state index contributed by atoms with van der Waals surface area (Å²) < 4.78 is 5.42. The molecule has 0 unspecified atom stereocenters. The molecule has 5 heteroatoms. The summed E-state index contributed by atoms with van der Waals surface area (Å²) in [7, 11) is 0. The normalized spacial score (nSPS) is 14.3. The number of aromatic nitrogens is 3. The fourth-order valence-corrected chi connectivity index (χ4v) is 2.74. The summed E-state index contributed by atoms with van der Waals surface area (Å²) in [4.78, 5) is 9.28. The molecule has 4 nitrogen and oxygen atoms in total. The van der Waals surface area contributed by atoms with Gasteiger partial charge in [-0.2, -0.15) is 0 Å². The van der Waals surface area contributed by atoms with E-state index in [0.29, 0.717) is 16.7 Å². The number of halogens is 1. The molecule has 1 aliphatic rings. The zero-order chi connectivity index (χ0) is 15.1. The van der Waals surface area contributed by atoms with Gasteiger partial charge in [0, 0.05) is 33.8 Å². The molecule has 1 saturated carbocycles. The van der Waals surface area contributed by atoms with Gasteiger partial charge in [-0.25, -0.2) is 9.97 Å². The quantitative estimate of drug-likeness (QED) is 0.707. The standard InChI is InChI=1S/C17H14ClN3O/c1-10-8-20-22-16(10)15-13(12-4-2-3-5-14(12)18)9-19-17(21-15)11-6-7-11/h2-5,8-9,11H,6-7H2,1H3. The van der Waals surface area contributed by atoms with Crippen LogP contribution in [0.2, 0.25) is 5.02 Å². The molecule has 1 aliphatic carbocycles. The molecule has 0 N–H and O–H groups in total. The van der Waals surface area contributed by atoms with Crippen LogP contribution in [0.1, 0.15) is 30.1 Å². The Hall–Kier alpha value is -2.20. The lowest BCUT2D eigenvalue weighted by Crippen LogP contribution is -1.98. The monoisotopic (exact) mass is 311 g/mol. The number of benzene rings is 1. The van der Waals surface area contributed by atoms with E-state index in [1.165, 1.54) is 0 Å². The Bertz CT molecular complexity index is 839. The predicted octanol–water partition coefficient (Wildman–Crippen LogP) is 4.64. The molecular weight excluding hydrogens is 298 g/mol. The van der Waals surface area contributed by atoms with E-state index in [0.717, 1.165) is 41.1 Å². The Kier molecular flexibility index (Phi) is 3.19. The SMILES string of the molecule is Cc1cnoc1-c1nc(C2CC2)ncc1-c1ccccc1Cl. The zero-order valence-electron chi connectivity index (χ0n) is 12.1. The minimum absolute atomic E-state index is 0.474. The van der Waals surface area contributed by atoms with Crippen molar-refractivity contribution in [1.82, 2.24) is 15.1 Å². The number of nitrogens with zero attached hydrogens (tertiary/aromatic N) is 3. The van der Waals surface area contributed by atoms with Crippen LogP contribution in [0.3, 0.4) is 0 Å². The zero-order valence-corrected chi connectivity index (χ0v) is 12.8. The summed E-state index contributed by atoms with van der Waals surface area (Å²) in [5.41, 5.74) is 3.49. The van der Waals surface area contributed by atoms with Crippen molar-refractivity contribution in [3.63, 3.8) is 0 Å².